The van der Waals surface area contributed by atoms with Crippen LogP contribution < -0.4 is 11.1 Å². The Balaban J connectivity index is 2.62. The van der Waals surface area contributed by atoms with Crippen LogP contribution in [0.15, 0.2) is 36.5 Å². The number of anilines is 2. The molecule has 3 nitrogen and oxygen atoms in total. The van der Waals surface area contributed by atoms with E-state index in [1.807, 2.05) is 0 Å². The lowest BCUT2D eigenvalue weighted by atomic mass is 10.3. The van der Waals surface area contributed by atoms with Crippen LogP contribution in [0.1, 0.15) is 0 Å². The third kappa shape index (κ3) is 3.30. The van der Waals surface area contributed by atoms with Crippen LogP contribution in [0, 0.1) is 0 Å². The summed E-state index contributed by atoms with van der Waals surface area (Å²) in [6, 6.07) is 6.52. The summed E-state index contributed by atoms with van der Waals surface area (Å²) in [4.78, 5) is 10.5. The molecular weight excluding hydrogens is 221 g/mol. The van der Waals surface area contributed by atoms with E-state index < -0.39 is 12.0 Å². The molecule has 0 aromatic heterocycles. The van der Waals surface area contributed by atoms with Gasteiger partial charge in [0.2, 0.25) is 0 Å². The van der Waals surface area contributed by atoms with Gasteiger partial charge in [-0.05, 0) is 12.1 Å². The van der Waals surface area contributed by atoms with E-state index in [4.69, 9.17) is 5.73 Å². The molecule has 0 radical (unpaired) electrons. The topological polar surface area (TPSA) is 55.1 Å². The Bertz CT molecular complexity index is 413. The van der Waals surface area contributed by atoms with E-state index in [2.05, 4.69) is 5.32 Å². The predicted molar refractivity (Wildman–Crippen MR) is 54.7 cm³/mol. The van der Waals surface area contributed by atoms with E-state index in [1.54, 1.807) is 24.3 Å². The largest absolute Gasteiger partial charge is 0.454 e. The number of carbonyl (C=O) groups is 1. The number of hydrogen-bond acceptors (Lipinski definition) is 3. The van der Waals surface area contributed by atoms with E-state index in [1.165, 1.54) is 0 Å². The Hall–Kier alpha value is -1.98. The average molecular weight is 230 g/mol. The smallest absolute Gasteiger partial charge is 0.397 e. The van der Waals surface area contributed by atoms with Crippen LogP contribution in [0.5, 0.6) is 0 Å². The molecule has 1 aromatic rings. The Morgan fingerprint density at radius 1 is 1.31 bits per heavy atom. The molecule has 86 valence electrons. The second-order valence-corrected chi connectivity index (χ2v) is 2.93. The normalized spacial score (nSPS) is 11.7. The minimum Gasteiger partial charge on any atom is -0.397 e. The molecule has 1 aromatic carbocycles. The van der Waals surface area contributed by atoms with Crippen molar-refractivity contribution in [1.29, 1.82) is 0 Å². The summed E-state index contributed by atoms with van der Waals surface area (Å²) in [6.45, 7) is 0. The second-order valence-electron chi connectivity index (χ2n) is 2.93. The van der Waals surface area contributed by atoms with Gasteiger partial charge in [-0.25, -0.2) is 0 Å². The molecule has 0 aliphatic rings. The first-order valence-corrected chi connectivity index (χ1v) is 4.30. The highest BCUT2D eigenvalue weighted by Crippen LogP contribution is 2.18. The summed E-state index contributed by atoms with van der Waals surface area (Å²) < 4.78 is 35.4. The van der Waals surface area contributed by atoms with E-state index in [0.29, 0.717) is 17.5 Å². The number of hydrogen-bond donors (Lipinski definition) is 2. The molecule has 0 bridgehead atoms. The minimum absolute atomic E-state index is 0.381. The number of alkyl halides is 3. The number of halogens is 3. The molecule has 0 saturated heterocycles. The zero-order chi connectivity index (χ0) is 12.2. The second kappa shape index (κ2) is 4.69. The Labute approximate surface area is 89.7 Å². The molecule has 0 saturated carbocycles. The number of nitrogens with two attached hydrogens (primary N) is 1. The van der Waals surface area contributed by atoms with Gasteiger partial charge in [0.25, 0.3) is 5.78 Å². The zero-order valence-electron chi connectivity index (χ0n) is 8.08. The molecule has 16 heavy (non-hydrogen) atoms. The summed E-state index contributed by atoms with van der Waals surface area (Å²) in [5.41, 5.74) is 6.34. The summed E-state index contributed by atoms with van der Waals surface area (Å²) in [6.07, 6.45) is -3.53. The number of allylic oxidation sites excluding steroid dienone is 1. The van der Waals surface area contributed by atoms with Crippen molar-refractivity contribution in [2.75, 3.05) is 11.1 Å². The Kier molecular flexibility index (Phi) is 3.55. The third-order valence-electron chi connectivity index (χ3n) is 1.71. The van der Waals surface area contributed by atoms with Crippen molar-refractivity contribution in [2.45, 2.75) is 6.18 Å². The zero-order valence-corrected chi connectivity index (χ0v) is 8.08. The minimum atomic E-state index is -4.85. The van der Waals surface area contributed by atoms with Gasteiger partial charge in [0.05, 0.1) is 11.4 Å². The van der Waals surface area contributed by atoms with Crippen LogP contribution in [-0.4, -0.2) is 12.0 Å². The Morgan fingerprint density at radius 3 is 2.50 bits per heavy atom. The molecular formula is C10H9F3N2O. The first-order valence-electron chi connectivity index (χ1n) is 4.30. The molecule has 1 rings (SSSR count). The summed E-state index contributed by atoms with van der Waals surface area (Å²) in [5.74, 6) is -1.92. The van der Waals surface area contributed by atoms with Crippen molar-refractivity contribution in [3.63, 3.8) is 0 Å². The lowest BCUT2D eigenvalue weighted by molar-refractivity contribution is -0.165. The summed E-state index contributed by atoms with van der Waals surface area (Å²) in [7, 11) is 0. The van der Waals surface area contributed by atoms with E-state index in [0.717, 1.165) is 6.20 Å². The van der Waals surface area contributed by atoms with Gasteiger partial charge in [-0.2, -0.15) is 13.2 Å². The number of carbonyl (C=O) groups excluding carboxylic acids is 1. The lowest BCUT2D eigenvalue weighted by Crippen LogP contribution is -2.20. The maximum Gasteiger partial charge on any atom is 0.454 e. The molecule has 0 amide bonds. The molecule has 0 unspecified atom stereocenters. The van der Waals surface area contributed by atoms with Crippen LogP contribution in [0.25, 0.3) is 0 Å². The molecule has 0 fully saturated rings. The van der Waals surface area contributed by atoms with Crippen molar-refractivity contribution in [1.82, 2.24) is 0 Å². The fraction of sp³-hybridized carbons (Fsp3) is 0.100. The molecule has 0 spiro atoms. The van der Waals surface area contributed by atoms with Gasteiger partial charge in [0, 0.05) is 12.3 Å². The molecule has 0 atom stereocenters. The van der Waals surface area contributed by atoms with Gasteiger partial charge < -0.3 is 11.1 Å². The highest BCUT2D eigenvalue weighted by molar-refractivity contribution is 5.94. The van der Waals surface area contributed by atoms with Gasteiger partial charge in [-0.3, -0.25) is 4.79 Å². The summed E-state index contributed by atoms with van der Waals surface area (Å²) >= 11 is 0. The van der Waals surface area contributed by atoms with E-state index in [9.17, 15) is 18.0 Å². The number of para-hydroxylation sites is 2. The highest BCUT2D eigenvalue weighted by atomic mass is 19.4. The van der Waals surface area contributed by atoms with Gasteiger partial charge >= 0.3 is 6.18 Å². The fourth-order valence-electron chi connectivity index (χ4n) is 0.930. The van der Waals surface area contributed by atoms with Crippen LogP contribution in [0.3, 0.4) is 0 Å². The first kappa shape index (κ1) is 12.1. The number of ketones is 1. The van der Waals surface area contributed by atoms with Crippen molar-refractivity contribution < 1.29 is 18.0 Å². The van der Waals surface area contributed by atoms with Crippen molar-refractivity contribution in [3.8, 4) is 0 Å². The van der Waals surface area contributed by atoms with Crippen molar-refractivity contribution in [2.24, 2.45) is 0 Å². The lowest BCUT2D eigenvalue weighted by Gasteiger charge is -2.04. The number of benzene rings is 1. The van der Waals surface area contributed by atoms with E-state index >= 15 is 0 Å². The maximum atomic E-state index is 11.8. The van der Waals surface area contributed by atoms with Gasteiger partial charge in [-0.1, -0.05) is 12.1 Å². The van der Waals surface area contributed by atoms with Gasteiger partial charge in [-0.15, -0.1) is 0 Å². The average Bonchev–Trinajstić information content (AvgIpc) is 2.19. The van der Waals surface area contributed by atoms with Crippen molar-refractivity contribution >= 4 is 17.2 Å². The Morgan fingerprint density at radius 2 is 1.94 bits per heavy atom. The summed E-state index contributed by atoms with van der Waals surface area (Å²) in [5, 5.41) is 2.49. The van der Waals surface area contributed by atoms with Crippen LogP contribution in [0.4, 0.5) is 24.5 Å². The van der Waals surface area contributed by atoms with E-state index in [-0.39, 0.29) is 0 Å². The monoisotopic (exact) mass is 230 g/mol. The number of nitrogens with one attached hydrogen (secondary N) is 1. The quantitative estimate of drug-likeness (QED) is 0.619. The molecule has 0 aliphatic carbocycles. The maximum absolute atomic E-state index is 11.8. The molecule has 6 heteroatoms. The first-order chi connectivity index (χ1) is 7.41. The predicted octanol–water partition coefficient (Wildman–Crippen LogP) is 2.33. The fourth-order valence-corrected chi connectivity index (χ4v) is 0.930. The standard InChI is InChI=1S/C10H9F3N2O/c11-10(12,13)9(16)5-6-15-8-4-2-1-3-7(8)14/h1-6,15H,14H2/b6-5+. The molecule has 0 aliphatic heterocycles. The highest BCUT2D eigenvalue weighted by Gasteiger charge is 2.35. The SMILES string of the molecule is Nc1ccccc1N/C=C/C(=O)C(F)(F)F. The van der Waals surface area contributed by atoms with Gasteiger partial charge in [0.1, 0.15) is 0 Å². The van der Waals surface area contributed by atoms with Crippen LogP contribution >= 0.6 is 0 Å². The van der Waals surface area contributed by atoms with Crippen LogP contribution in [0.2, 0.25) is 0 Å². The third-order valence-corrected chi connectivity index (χ3v) is 1.71. The number of nitrogen functional groups attached to an aromatic ring is 1. The molecule has 0 heterocycles. The molecule has 3 N–H and O–H groups in total. The van der Waals surface area contributed by atoms with Crippen molar-refractivity contribution in [3.05, 3.63) is 36.5 Å². The van der Waals surface area contributed by atoms with Crippen LogP contribution in [-0.2, 0) is 4.79 Å². The van der Waals surface area contributed by atoms with Gasteiger partial charge in [0.15, 0.2) is 0 Å². The number of rotatable bonds is 3.